The maximum Gasteiger partial charge on any atom is 0.257 e. The van der Waals surface area contributed by atoms with Crippen molar-refractivity contribution < 1.29 is 9.59 Å². The normalized spacial score (nSPS) is 10.3. The third-order valence-electron chi connectivity index (χ3n) is 3.65. The van der Waals surface area contributed by atoms with Gasteiger partial charge in [-0.15, -0.1) is 0 Å². The molecule has 1 heterocycles. The molecule has 0 fully saturated rings. The molecule has 2 aromatic rings. The topological polar surface area (TPSA) is 62.3 Å². The van der Waals surface area contributed by atoms with Crippen LogP contribution in [0.25, 0.3) is 0 Å². The average molecular weight is 346 g/mol. The van der Waals surface area contributed by atoms with Crippen LogP contribution in [-0.2, 0) is 0 Å². The van der Waals surface area contributed by atoms with Gasteiger partial charge in [0.05, 0.1) is 16.3 Å². The Kier molecular flexibility index (Phi) is 5.93. The summed E-state index contributed by atoms with van der Waals surface area (Å²) in [4.78, 5) is 30.5. The summed E-state index contributed by atoms with van der Waals surface area (Å²) in [6.45, 7) is 6.94. The Balaban J connectivity index is 2.26. The van der Waals surface area contributed by atoms with Gasteiger partial charge in [-0.2, -0.15) is 0 Å². The summed E-state index contributed by atoms with van der Waals surface area (Å²) in [5.41, 5.74) is 2.22. The lowest BCUT2D eigenvalue weighted by molar-refractivity contribution is 0.0772. The number of aromatic nitrogens is 1. The van der Waals surface area contributed by atoms with Crippen LogP contribution in [0, 0.1) is 6.92 Å². The second-order valence-corrected chi connectivity index (χ2v) is 5.78. The molecule has 0 radical (unpaired) electrons. The summed E-state index contributed by atoms with van der Waals surface area (Å²) in [6.07, 6.45) is 3.16. The molecule has 1 aromatic carbocycles. The molecule has 2 amide bonds. The molecule has 0 aliphatic carbocycles. The molecule has 1 N–H and O–H groups in total. The minimum Gasteiger partial charge on any atom is -0.339 e. The van der Waals surface area contributed by atoms with Crippen molar-refractivity contribution >= 4 is 29.1 Å². The Labute approximate surface area is 146 Å². The van der Waals surface area contributed by atoms with Crippen LogP contribution in [0.15, 0.2) is 36.7 Å². The van der Waals surface area contributed by atoms with Crippen molar-refractivity contribution in [2.45, 2.75) is 20.8 Å². The van der Waals surface area contributed by atoms with E-state index in [0.29, 0.717) is 34.9 Å². The third kappa shape index (κ3) is 4.11. The molecular weight excluding hydrogens is 326 g/mol. The van der Waals surface area contributed by atoms with Gasteiger partial charge in [-0.05, 0) is 50.6 Å². The number of nitrogens with one attached hydrogen (secondary N) is 1. The molecule has 0 saturated heterocycles. The SMILES string of the molecule is CCN(CC)C(=O)c1ccc(Cl)c(NC(=O)c2cncc(C)c2)c1. The summed E-state index contributed by atoms with van der Waals surface area (Å²) in [6, 6.07) is 6.61. The van der Waals surface area contributed by atoms with Crippen LogP contribution in [0.2, 0.25) is 5.02 Å². The highest BCUT2D eigenvalue weighted by Gasteiger charge is 2.15. The lowest BCUT2D eigenvalue weighted by Gasteiger charge is -2.19. The van der Waals surface area contributed by atoms with E-state index in [1.54, 1.807) is 35.4 Å². The molecule has 0 unspecified atom stereocenters. The largest absolute Gasteiger partial charge is 0.339 e. The first-order valence-electron chi connectivity index (χ1n) is 7.78. The zero-order valence-electron chi connectivity index (χ0n) is 14.0. The zero-order chi connectivity index (χ0) is 17.7. The van der Waals surface area contributed by atoms with Gasteiger partial charge in [-0.3, -0.25) is 14.6 Å². The third-order valence-corrected chi connectivity index (χ3v) is 3.98. The van der Waals surface area contributed by atoms with Crippen LogP contribution in [0.5, 0.6) is 0 Å². The van der Waals surface area contributed by atoms with Crippen LogP contribution < -0.4 is 5.32 Å². The van der Waals surface area contributed by atoms with E-state index in [0.717, 1.165) is 5.56 Å². The van der Waals surface area contributed by atoms with Gasteiger partial charge in [-0.1, -0.05) is 11.6 Å². The Morgan fingerprint density at radius 2 is 1.83 bits per heavy atom. The molecule has 0 spiro atoms. The summed E-state index contributed by atoms with van der Waals surface area (Å²) in [7, 11) is 0. The van der Waals surface area contributed by atoms with Crippen molar-refractivity contribution in [3.63, 3.8) is 0 Å². The fourth-order valence-electron chi connectivity index (χ4n) is 2.32. The maximum atomic E-state index is 12.4. The average Bonchev–Trinajstić information content (AvgIpc) is 2.57. The van der Waals surface area contributed by atoms with Crippen LogP contribution in [0.4, 0.5) is 5.69 Å². The molecule has 6 heteroatoms. The van der Waals surface area contributed by atoms with E-state index in [2.05, 4.69) is 10.3 Å². The number of hydrogen-bond donors (Lipinski definition) is 1. The van der Waals surface area contributed by atoms with Gasteiger partial charge < -0.3 is 10.2 Å². The number of amides is 2. The smallest absolute Gasteiger partial charge is 0.257 e. The standard InChI is InChI=1S/C18H20ClN3O2/c1-4-22(5-2)18(24)13-6-7-15(19)16(9-13)21-17(23)14-8-12(3)10-20-11-14/h6-11H,4-5H2,1-3H3,(H,21,23). The highest BCUT2D eigenvalue weighted by atomic mass is 35.5. The number of anilines is 1. The lowest BCUT2D eigenvalue weighted by Crippen LogP contribution is -2.30. The van der Waals surface area contributed by atoms with Gasteiger partial charge in [0.15, 0.2) is 0 Å². The Hall–Kier alpha value is -2.40. The van der Waals surface area contributed by atoms with E-state index in [9.17, 15) is 9.59 Å². The molecule has 2 rings (SSSR count). The summed E-state index contributed by atoms with van der Waals surface area (Å²) in [5.74, 6) is -0.412. The number of nitrogens with zero attached hydrogens (tertiary/aromatic N) is 2. The lowest BCUT2D eigenvalue weighted by atomic mass is 10.1. The van der Waals surface area contributed by atoms with E-state index < -0.39 is 0 Å². The molecule has 5 nitrogen and oxygen atoms in total. The van der Waals surface area contributed by atoms with Crippen molar-refractivity contribution in [2.75, 3.05) is 18.4 Å². The maximum absolute atomic E-state index is 12.4. The molecule has 1 aromatic heterocycles. The van der Waals surface area contributed by atoms with Gasteiger partial charge in [0.25, 0.3) is 11.8 Å². The van der Waals surface area contributed by atoms with Crippen molar-refractivity contribution in [1.29, 1.82) is 0 Å². The Morgan fingerprint density at radius 3 is 2.46 bits per heavy atom. The van der Waals surface area contributed by atoms with Crippen molar-refractivity contribution in [3.05, 3.63) is 58.4 Å². The van der Waals surface area contributed by atoms with Crippen LogP contribution in [0.1, 0.15) is 40.1 Å². The Bertz CT molecular complexity index is 758. The number of hydrogen-bond acceptors (Lipinski definition) is 3. The number of rotatable bonds is 5. The predicted molar refractivity (Wildman–Crippen MR) is 95.6 cm³/mol. The van der Waals surface area contributed by atoms with E-state index in [1.807, 2.05) is 20.8 Å². The first-order valence-corrected chi connectivity index (χ1v) is 8.15. The minimum absolute atomic E-state index is 0.0932. The number of benzene rings is 1. The molecular formula is C18H20ClN3O2. The van der Waals surface area contributed by atoms with E-state index in [-0.39, 0.29) is 11.8 Å². The van der Waals surface area contributed by atoms with Crippen molar-refractivity contribution in [1.82, 2.24) is 9.88 Å². The van der Waals surface area contributed by atoms with Gasteiger partial charge in [0.2, 0.25) is 0 Å². The predicted octanol–water partition coefficient (Wildman–Crippen LogP) is 3.78. The zero-order valence-corrected chi connectivity index (χ0v) is 14.7. The van der Waals surface area contributed by atoms with Crippen LogP contribution >= 0.6 is 11.6 Å². The molecule has 126 valence electrons. The Morgan fingerprint density at radius 1 is 1.12 bits per heavy atom. The molecule has 24 heavy (non-hydrogen) atoms. The molecule has 0 atom stereocenters. The number of carbonyl (C=O) groups is 2. The van der Waals surface area contributed by atoms with E-state index >= 15 is 0 Å². The molecule has 0 saturated carbocycles. The molecule has 0 aliphatic rings. The monoisotopic (exact) mass is 345 g/mol. The highest BCUT2D eigenvalue weighted by Crippen LogP contribution is 2.24. The fourth-order valence-corrected chi connectivity index (χ4v) is 2.49. The minimum atomic E-state index is -0.319. The van der Waals surface area contributed by atoms with E-state index in [1.165, 1.54) is 6.20 Å². The quantitative estimate of drug-likeness (QED) is 0.897. The number of halogens is 1. The van der Waals surface area contributed by atoms with Crippen LogP contribution in [0.3, 0.4) is 0 Å². The van der Waals surface area contributed by atoms with Gasteiger partial charge in [-0.25, -0.2) is 0 Å². The van der Waals surface area contributed by atoms with E-state index in [4.69, 9.17) is 11.6 Å². The van der Waals surface area contributed by atoms with Crippen molar-refractivity contribution in [2.24, 2.45) is 0 Å². The summed E-state index contributed by atoms with van der Waals surface area (Å²) >= 11 is 6.16. The first-order chi connectivity index (χ1) is 11.5. The van der Waals surface area contributed by atoms with Crippen LogP contribution in [-0.4, -0.2) is 34.8 Å². The molecule has 0 bridgehead atoms. The summed E-state index contributed by atoms with van der Waals surface area (Å²) in [5, 5.41) is 3.12. The molecule has 0 aliphatic heterocycles. The number of aryl methyl sites for hydroxylation is 1. The van der Waals surface area contributed by atoms with Crippen molar-refractivity contribution in [3.8, 4) is 0 Å². The second-order valence-electron chi connectivity index (χ2n) is 5.38. The number of pyridine rings is 1. The van der Waals surface area contributed by atoms with Gasteiger partial charge in [0.1, 0.15) is 0 Å². The highest BCUT2D eigenvalue weighted by molar-refractivity contribution is 6.34. The summed E-state index contributed by atoms with van der Waals surface area (Å²) < 4.78 is 0. The first kappa shape index (κ1) is 17.9. The fraction of sp³-hybridized carbons (Fsp3) is 0.278. The van der Waals surface area contributed by atoms with Gasteiger partial charge in [0, 0.05) is 31.0 Å². The van der Waals surface area contributed by atoms with Gasteiger partial charge >= 0.3 is 0 Å². The second kappa shape index (κ2) is 7.93. The number of carbonyl (C=O) groups excluding carboxylic acids is 2.